The zero-order valence-electron chi connectivity index (χ0n) is 15.3. The van der Waals surface area contributed by atoms with Crippen LogP contribution in [0.1, 0.15) is 64.0 Å². The number of carbonyl (C=O) groups is 1. The molecule has 0 N–H and O–H groups in total. The molecule has 1 fully saturated rings. The first-order valence-corrected chi connectivity index (χ1v) is 9.87. The molecule has 1 aliphatic carbocycles. The highest BCUT2D eigenvalue weighted by Crippen LogP contribution is 2.45. The lowest BCUT2D eigenvalue weighted by Gasteiger charge is -2.43. The predicted octanol–water partition coefficient (Wildman–Crippen LogP) is 5.31. The second-order valence-corrected chi connectivity index (χ2v) is 8.37. The van der Waals surface area contributed by atoms with Gasteiger partial charge < -0.3 is 14.2 Å². The summed E-state index contributed by atoms with van der Waals surface area (Å²) in [6.45, 7) is 3.55. The van der Waals surface area contributed by atoms with Gasteiger partial charge in [0.2, 0.25) is 5.79 Å². The number of benzene rings is 1. The van der Waals surface area contributed by atoms with Crippen molar-refractivity contribution in [2.24, 2.45) is 5.92 Å². The molecule has 1 aromatic rings. The first-order chi connectivity index (χ1) is 12.4. The lowest BCUT2D eigenvalue weighted by molar-refractivity contribution is -0.219. The van der Waals surface area contributed by atoms with Gasteiger partial charge in [-0.2, -0.15) is 0 Å². The third kappa shape index (κ3) is 3.49. The van der Waals surface area contributed by atoms with Crippen LogP contribution in [0.25, 0.3) is 0 Å². The van der Waals surface area contributed by atoms with Crippen LogP contribution in [0.3, 0.4) is 0 Å². The van der Waals surface area contributed by atoms with Gasteiger partial charge in [-0.3, -0.25) is 0 Å². The molecule has 0 spiro atoms. The molecule has 26 heavy (non-hydrogen) atoms. The van der Waals surface area contributed by atoms with Crippen molar-refractivity contribution in [3.63, 3.8) is 0 Å². The van der Waals surface area contributed by atoms with Crippen LogP contribution in [0.2, 0.25) is 5.02 Å². The van der Waals surface area contributed by atoms with E-state index in [2.05, 4.69) is 0 Å². The molecular weight excluding hydrogens is 352 g/mol. The summed E-state index contributed by atoms with van der Waals surface area (Å²) < 4.78 is 18.0. The van der Waals surface area contributed by atoms with Crippen molar-refractivity contribution < 1.29 is 19.0 Å². The smallest absolute Gasteiger partial charge is 0.343 e. The predicted molar refractivity (Wildman–Crippen MR) is 98.5 cm³/mol. The van der Waals surface area contributed by atoms with Gasteiger partial charge in [0.05, 0.1) is 6.10 Å². The summed E-state index contributed by atoms with van der Waals surface area (Å²) in [6.07, 6.45) is 6.38. The molecule has 0 unspecified atom stereocenters. The molecule has 4 rings (SSSR count). The van der Waals surface area contributed by atoms with Crippen LogP contribution >= 0.6 is 11.6 Å². The van der Waals surface area contributed by atoms with Crippen LogP contribution < -0.4 is 0 Å². The van der Waals surface area contributed by atoms with E-state index in [9.17, 15) is 4.79 Å². The second-order valence-electron chi connectivity index (χ2n) is 7.94. The average molecular weight is 377 g/mol. The number of carbonyl (C=O) groups excluding carboxylic acids is 1. The van der Waals surface area contributed by atoms with Gasteiger partial charge in [0.15, 0.2) is 0 Å². The van der Waals surface area contributed by atoms with E-state index in [0.717, 1.165) is 11.3 Å². The first-order valence-electron chi connectivity index (χ1n) is 9.49. The fourth-order valence-electron chi connectivity index (χ4n) is 4.31. The molecule has 5 heteroatoms. The highest BCUT2D eigenvalue weighted by Gasteiger charge is 2.45. The van der Waals surface area contributed by atoms with Crippen molar-refractivity contribution in [3.05, 3.63) is 46.2 Å². The summed E-state index contributed by atoms with van der Waals surface area (Å²) in [7, 11) is 0. The number of rotatable bonds is 2. The van der Waals surface area contributed by atoms with Gasteiger partial charge in [-0.15, -0.1) is 0 Å². The van der Waals surface area contributed by atoms with Crippen molar-refractivity contribution in [3.8, 4) is 0 Å². The standard InChI is InChI=1S/C21H25ClO4/c1-21(2)25-17-12-16(13-6-4-3-5-7-13)24-19(18(17)20(23)26-21)14-8-10-15(22)11-9-14/h8-11,13,16,19H,3-7,12H2,1-2H3/t16-,19-/m0/s1. The van der Waals surface area contributed by atoms with Crippen LogP contribution in [-0.2, 0) is 19.0 Å². The Kier molecular flexibility index (Phi) is 4.74. The number of hydrogen-bond donors (Lipinski definition) is 0. The zero-order chi connectivity index (χ0) is 18.3. The molecule has 0 amide bonds. The van der Waals surface area contributed by atoms with E-state index < -0.39 is 11.9 Å². The third-order valence-corrected chi connectivity index (χ3v) is 5.79. The van der Waals surface area contributed by atoms with Crippen LogP contribution in [0.4, 0.5) is 0 Å². The highest BCUT2D eigenvalue weighted by atomic mass is 35.5. The molecule has 2 heterocycles. The Balaban J connectivity index is 1.71. The number of halogens is 1. The normalized spacial score (nSPS) is 29.0. The molecule has 1 saturated carbocycles. The van der Waals surface area contributed by atoms with Crippen molar-refractivity contribution in [1.29, 1.82) is 0 Å². The SMILES string of the molecule is CC1(C)OC(=O)C2=C(C[C@@H](C3CCCCC3)O[C@H]2c2ccc(Cl)cc2)O1. The van der Waals surface area contributed by atoms with E-state index in [1.54, 1.807) is 13.8 Å². The molecule has 0 bridgehead atoms. The molecule has 1 aromatic carbocycles. The van der Waals surface area contributed by atoms with Crippen LogP contribution in [0.15, 0.2) is 35.6 Å². The zero-order valence-corrected chi connectivity index (χ0v) is 16.1. The summed E-state index contributed by atoms with van der Waals surface area (Å²) in [6, 6.07) is 7.47. The molecule has 140 valence electrons. The van der Waals surface area contributed by atoms with Gasteiger partial charge in [-0.25, -0.2) is 4.79 Å². The lowest BCUT2D eigenvalue weighted by Crippen LogP contribution is -2.43. The van der Waals surface area contributed by atoms with E-state index in [4.69, 9.17) is 25.8 Å². The maximum absolute atomic E-state index is 12.7. The minimum absolute atomic E-state index is 0.0661. The van der Waals surface area contributed by atoms with E-state index in [1.807, 2.05) is 24.3 Å². The van der Waals surface area contributed by atoms with Gasteiger partial charge in [0.25, 0.3) is 0 Å². The minimum atomic E-state index is -0.936. The quantitative estimate of drug-likeness (QED) is 0.656. The summed E-state index contributed by atoms with van der Waals surface area (Å²) >= 11 is 6.04. The maximum atomic E-state index is 12.7. The topological polar surface area (TPSA) is 44.8 Å². The Bertz CT molecular complexity index is 716. The van der Waals surface area contributed by atoms with Gasteiger partial charge in [-0.1, -0.05) is 43.0 Å². The van der Waals surface area contributed by atoms with Gasteiger partial charge in [-0.05, 0) is 36.5 Å². The summed E-state index contributed by atoms with van der Waals surface area (Å²) in [5, 5.41) is 0.659. The average Bonchev–Trinajstić information content (AvgIpc) is 2.61. The maximum Gasteiger partial charge on any atom is 0.343 e. The Hall–Kier alpha value is -1.52. The molecule has 0 saturated heterocycles. The number of esters is 1. The minimum Gasteiger partial charge on any atom is -0.456 e. The van der Waals surface area contributed by atoms with E-state index in [1.165, 1.54) is 32.1 Å². The Morgan fingerprint density at radius 2 is 1.73 bits per heavy atom. The lowest BCUT2D eigenvalue weighted by atomic mass is 9.81. The molecule has 3 aliphatic rings. The molecule has 0 aromatic heterocycles. The van der Waals surface area contributed by atoms with Gasteiger partial charge >= 0.3 is 5.97 Å². The summed E-state index contributed by atoms with van der Waals surface area (Å²) in [5.41, 5.74) is 1.40. The van der Waals surface area contributed by atoms with E-state index in [0.29, 0.717) is 22.9 Å². The molecular formula is C21H25ClO4. The van der Waals surface area contributed by atoms with Crippen molar-refractivity contribution in [2.75, 3.05) is 0 Å². The van der Waals surface area contributed by atoms with Gasteiger partial charge in [0.1, 0.15) is 17.4 Å². The summed E-state index contributed by atoms with van der Waals surface area (Å²) in [4.78, 5) is 12.7. The Morgan fingerprint density at radius 1 is 1.04 bits per heavy atom. The summed E-state index contributed by atoms with van der Waals surface area (Å²) in [5.74, 6) is -0.0434. The molecule has 4 nitrogen and oxygen atoms in total. The Morgan fingerprint density at radius 3 is 2.42 bits per heavy atom. The van der Waals surface area contributed by atoms with Crippen LogP contribution in [0, 0.1) is 5.92 Å². The molecule has 0 radical (unpaired) electrons. The van der Waals surface area contributed by atoms with Gasteiger partial charge in [0, 0.05) is 25.3 Å². The molecule has 2 atom stereocenters. The number of hydrogen-bond acceptors (Lipinski definition) is 4. The number of cyclic esters (lactones) is 1. The van der Waals surface area contributed by atoms with Crippen molar-refractivity contribution in [1.82, 2.24) is 0 Å². The molecule has 2 aliphatic heterocycles. The van der Waals surface area contributed by atoms with Crippen LogP contribution in [-0.4, -0.2) is 17.9 Å². The Labute approximate surface area is 159 Å². The first kappa shape index (κ1) is 17.9. The van der Waals surface area contributed by atoms with Crippen molar-refractivity contribution >= 4 is 17.6 Å². The van der Waals surface area contributed by atoms with Crippen LogP contribution in [0.5, 0.6) is 0 Å². The van der Waals surface area contributed by atoms with E-state index in [-0.39, 0.29) is 12.1 Å². The second kappa shape index (κ2) is 6.90. The monoisotopic (exact) mass is 376 g/mol. The fraction of sp³-hybridized carbons (Fsp3) is 0.571. The highest BCUT2D eigenvalue weighted by molar-refractivity contribution is 6.30. The fourth-order valence-corrected chi connectivity index (χ4v) is 4.44. The number of ether oxygens (including phenoxy) is 3. The van der Waals surface area contributed by atoms with Crippen molar-refractivity contribution in [2.45, 2.75) is 70.4 Å². The van der Waals surface area contributed by atoms with E-state index >= 15 is 0 Å². The third-order valence-electron chi connectivity index (χ3n) is 5.54. The largest absolute Gasteiger partial charge is 0.456 e.